The number of hydrogen-bond acceptors (Lipinski definition) is 6. The van der Waals surface area contributed by atoms with Crippen LogP contribution in [0, 0.1) is 23.2 Å². The molecular formula is C32H51F2N5O6. The number of Topliss-reactive ketones (excluding diaryl/α,β-unsaturated/α-hetero) is 1. The van der Waals surface area contributed by atoms with Gasteiger partial charge in [0.15, 0.2) is 0 Å². The molecule has 0 unspecified atom stereocenters. The topological polar surface area (TPSA) is 154 Å². The molecule has 0 spiro atoms. The Bertz CT molecular complexity index is 1130. The van der Waals surface area contributed by atoms with Gasteiger partial charge in [0.25, 0.3) is 5.91 Å². The van der Waals surface area contributed by atoms with Crippen LogP contribution < -0.4 is 21.3 Å². The van der Waals surface area contributed by atoms with Crippen LogP contribution in [0.2, 0.25) is 0 Å². The summed E-state index contributed by atoms with van der Waals surface area (Å²) >= 11 is 0. The van der Waals surface area contributed by atoms with Gasteiger partial charge in [-0.3, -0.25) is 28.8 Å². The Balaban J connectivity index is 1.86. The lowest BCUT2D eigenvalue weighted by molar-refractivity contribution is -0.147. The molecule has 3 rings (SSSR count). The summed E-state index contributed by atoms with van der Waals surface area (Å²) in [5.74, 6) is -7.69. The summed E-state index contributed by atoms with van der Waals surface area (Å²) in [7, 11) is 1.42. The fourth-order valence-electron chi connectivity index (χ4n) is 5.88. The Labute approximate surface area is 264 Å². The van der Waals surface area contributed by atoms with Gasteiger partial charge in [-0.15, -0.1) is 0 Å². The van der Waals surface area contributed by atoms with E-state index in [9.17, 15) is 37.5 Å². The molecule has 13 heteroatoms. The summed E-state index contributed by atoms with van der Waals surface area (Å²) in [4.78, 5) is 80.8. The first-order valence-corrected chi connectivity index (χ1v) is 16.3. The summed E-state index contributed by atoms with van der Waals surface area (Å²) in [6, 6.07) is -3.61. The average molecular weight is 640 g/mol. The number of carbonyl (C=O) groups excluding carboxylic acids is 6. The van der Waals surface area contributed by atoms with Crippen LogP contribution >= 0.6 is 0 Å². The first kappa shape index (κ1) is 36.3. The highest BCUT2D eigenvalue weighted by Gasteiger charge is 2.44. The zero-order chi connectivity index (χ0) is 33.7. The third-order valence-electron chi connectivity index (χ3n) is 8.97. The molecule has 4 N–H and O–H groups in total. The Hall–Kier alpha value is -3.12. The number of piperidine rings is 1. The highest BCUT2D eigenvalue weighted by molar-refractivity contribution is 6.38. The largest absolute Gasteiger partial charge is 0.356 e. The molecule has 2 saturated carbocycles. The summed E-state index contributed by atoms with van der Waals surface area (Å²) in [6.07, 6.45) is 2.07. The number of hydrogen-bond donors (Lipinski definition) is 4. The molecule has 0 aromatic rings. The molecule has 3 aliphatic rings. The number of alkyl halides is 2. The Morgan fingerprint density at radius 2 is 1.62 bits per heavy atom. The van der Waals surface area contributed by atoms with Crippen molar-refractivity contribution in [3.63, 3.8) is 0 Å². The van der Waals surface area contributed by atoms with E-state index < -0.39 is 83.6 Å². The van der Waals surface area contributed by atoms with Crippen molar-refractivity contribution in [3.05, 3.63) is 0 Å². The summed E-state index contributed by atoms with van der Waals surface area (Å²) in [5, 5.41) is 10.9. The van der Waals surface area contributed by atoms with Crippen LogP contribution in [0.5, 0.6) is 0 Å². The molecule has 1 heterocycles. The van der Waals surface area contributed by atoms with E-state index in [1.807, 2.05) is 13.8 Å². The second kappa shape index (κ2) is 15.0. The third kappa shape index (κ3) is 10.5. The standard InChI is InChI=1S/C32H51F2N5O6/c1-18(2)16-23(39(6)29(44)24(38-30(45)31(3,4)5)19-11-13-32(33,34)14-12-19)27(42)37-22(17-20-8-7-15-35-26(20)41)25(40)28(43)36-21-9-10-21/h18-24H,7-17H2,1-6H3,(H,35,41)(H,36,43)(H,37,42)(H,38,45)/t20-,22-,23-,24+/m0/s1. The van der Waals surface area contributed by atoms with Crippen molar-refractivity contribution in [2.24, 2.45) is 23.2 Å². The number of ketones is 1. The van der Waals surface area contributed by atoms with Crippen LogP contribution in [0.1, 0.15) is 98.8 Å². The van der Waals surface area contributed by atoms with Crippen molar-refractivity contribution in [1.29, 1.82) is 0 Å². The minimum Gasteiger partial charge on any atom is -0.356 e. The number of rotatable bonds is 13. The molecule has 2 aliphatic carbocycles. The number of carbonyl (C=O) groups is 6. The van der Waals surface area contributed by atoms with Crippen molar-refractivity contribution in [2.75, 3.05) is 13.6 Å². The predicted octanol–water partition coefficient (Wildman–Crippen LogP) is 2.46. The van der Waals surface area contributed by atoms with Crippen molar-refractivity contribution in [2.45, 2.75) is 129 Å². The van der Waals surface area contributed by atoms with Crippen LogP contribution in [-0.4, -0.2) is 83.9 Å². The van der Waals surface area contributed by atoms with Gasteiger partial charge in [-0.2, -0.15) is 0 Å². The third-order valence-corrected chi connectivity index (χ3v) is 8.97. The number of amides is 5. The second-order valence-corrected chi connectivity index (χ2v) is 14.5. The van der Waals surface area contributed by atoms with E-state index in [4.69, 9.17) is 0 Å². The van der Waals surface area contributed by atoms with Gasteiger partial charge in [0, 0.05) is 43.8 Å². The Kier molecular flexibility index (Phi) is 12.1. The summed E-state index contributed by atoms with van der Waals surface area (Å²) in [5.41, 5.74) is -0.857. The molecule has 4 atom stereocenters. The van der Waals surface area contributed by atoms with Gasteiger partial charge >= 0.3 is 0 Å². The zero-order valence-corrected chi connectivity index (χ0v) is 27.5. The van der Waals surface area contributed by atoms with Gasteiger partial charge in [0.05, 0.1) is 6.04 Å². The molecule has 0 bridgehead atoms. The fourth-order valence-corrected chi connectivity index (χ4v) is 5.88. The number of halogens is 2. The molecule has 0 aromatic carbocycles. The van der Waals surface area contributed by atoms with E-state index in [1.165, 1.54) is 11.9 Å². The molecule has 1 saturated heterocycles. The van der Waals surface area contributed by atoms with Crippen LogP contribution in [0.3, 0.4) is 0 Å². The first-order valence-electron chi connectivity index (χ1n) is 16.3. The lowest BCUT2D eigenvalue weighted by Gasteiger charge is -2.38. The van der Waals surface area contributed by atoms with Crippen LogP contribution in [0.15, 0.2) is 0 Å². The highest BCUT2D eigenvalue weighted by Crippen LogP contribution is 2.38. The number of nitrogens with one attached hydrogen (secondary N) is 4. The first-order chi connectivity index (χ1) is 20.9. The van der Waals surface area contributed by atoms with Gasteiger partial charge in [-0.1, -0.05) is 34.6 Å². The second-order valence-electron chi connectivity index (χ2n) is 14.5. The van der Waals surface area contributed by atoms with Crippen molar-refractivity contribution >= 4 is 35.3 Å². The normalized spacial score (nSPS) is 22.4. The maximum absolute atomic E-state index is 14.1. The van der Waals surface area contributed by atoms with Gasteiger partial charge in [0.2, 0.25) is 35.3 Å². The van der Waals surface area contributed by atoms with Crippen molar-refractivity contribution in [3.8, 4) is 0 Å². The Morgan fingerprint density at radius 1 is 1.00 bits per heavy atom. The molecule has 45 heavy (non-hydrogen) atoms. The van der Waals surface area contributed by atoms with Gasteiger partial charge in [-0.25, -0.2) is 8.78 Å². The van der Waals surface area contributed by atoms with Gasteiger partial charge < -0.3 is 26.2 Å². The molecule has 3 fully saturated rings. The van der Waals surface area contributed by atoms with Crippen molar-refractivity contribution < 1.29 is 37.5 Å². The van der Waals surface area contributed by atoms with E-state index in [2.05, 4.69) is 21.3 Å². The fraction of sp³-hybridized carbons (Fsp3) is 0.812. The SMILES string of the molecule is CC(C)C[C@@H](C(=O)N[C@@H](C[C@@H]1CCCNC1=O)C(=O)C(=O)NC1CC1)N(C)C(=O)[C@H](NC(=O)C(C)(C)C)C1CCC(F)(F)CC1. The minimum atomic E-state index is -2.84. The maximum atomic E-state index is 14.1. The van der Waals surface area contributed by atoms with E-state index in [0.29, 0.717) is 19.4 Å². The molecular weight excluding hydrogens is 588 g/mol. The number of likely N-dealkylation sites (N-methyl/N-ethyl adjacent to an activating group) is 1. The van der Waals surface area contributed by atoms with Gasteiger partial charge in [0.1, 0.15) is 12.1 Å². The zero-order valence-electron chi connectivity index (χ0n) is 27.5. The summed E-state index contributed by atoms with van der Waals surface area (Å²) in [6.45, 7) is 9.27. The highest BCUT2D eigenvalue weighted by atomic mass is 19.3. The van der Waals surface area contributed by atoms with E-state index in [-0.39, 0.29) is 43.6 Å². The molecule has 1 aliphatic heterocycles. The number of nitrogens with zero attached hydrogens (tertiary/aromatic N) is 1. The molecule has 5 amide bonds. The molecule has 11 nitrogen and oxygen atoms in total. The molecule has 254 valence electrons. The monoisotopic (exact) mass is 639 g/mol. The van der Waals surface area contributed by atoms with Crippen LogP contribution in [-0.2, 0) is 28.8 Å². The quantitative estimate of drug-likeness (QED) is 0.227. The van der Waals surface area contributed by atoms with Crippen LogP contribution in [0.4, 0.5) is 8.78 Å². The Morgan fingerprint density at radius 3 is 2.16 bits per heavy atom. The lowest BCUT2D eigenvalue weighted by atomic mass is 9.80. The predicted molar refractivity (Wildman–Crippen MR) is 163 cm³/mol. The van der Waals surface area contributed by atoms with E-state index in [1.54, 1.807) is 20.8 Å². The lowest BCUT2D eigenvalue weighted by Crippen LogP contribution is -2.60. The van der Waals surface area contributed by atoms with E-state index in [0.717, 1.165) is 12.8 Å². The average Bonchev–Trinajstić information content (AvgIpc) is 3.77. The smallest absolute Gasteiger partial charge is 0.289 e. The van der Waals surface area contributed by atoms with Crippen LogP contribution in [0.25, 0.3) is 0 Å². The molecule has 0 aromatic heterocycles. The maximum Gasteiger partial charge on any atom is 0.289 e. The molecule has 0 radical (unpaired) electrons. The van der Waals surface area contributed by atoms with Crippen molar-refractivity contribution in [1.82, 2.24) is 26.2 Å². The summed E-state index contributed by atoms with van der Waals surface area (Å²) < 4.78 is 28.0. The van der Waals surface area contributed by atoms with E-state index >= 15 is 0 Å². The minimum absolute atomic E-state index is 0.0266. The van der Waals surface area contributed by atoms with Gasteiger partial charge in [-0.05, 0) is 63.2 Å².